The van der Waals surface area contributed by atoms with Gasteiger partial charge in [-0.15, -0.1) is 0 Å². The Kier molecular flexibility index (Phi) is 36.4. The topological polar surface area (TPSA) is 840 Å². The van der Waals surface area contributed by atoms with Crippen LogP contribution in [0.25, 0.3) is 0 Å². The summed E-state index contributed by atoms with van der Waals surface area (Å²) in [5.41, 5.74) is 0. The largest absolute Gasteiger partial charge is 0.397 e. The van der Waals surface area contributed by atoms with Gasteiger partial charge in [0.15, 0.2) is 56.6 Å². The smallest absolute Gasteiger partial charge is 0.394 e. The highest BCUT2D eigenvalue weighted by Crippen LogP contribution is 2.40. The van der Waals surface area contributed by atoms with Gasteiger partial charge >= 0.3 is 10.4 Å². The van der Waals surface area contributed by atoms with Gasteiger partial charge in [0.05, 0.1) is 59.5 Å². The number of aliphatic hydroxyl groups excluding tert-OH is 22. The molecule has 0 spiro atoms. The van der Waals surface area contributed by atoms with Crippen molar-refractivity contribution in [3.05, 3.63) is 0 Å². The quantitative estimate of drug-likeness (QED) is 0.0271. The van der Waals surface area contributed by atoms with E-state index in [2.05, 4.69) is 36.1 Å². The average molecular weight is 1800 g/mol. The SMILES string of the molecule is CC(=O)N[C@H]1[C@H](O[C@H]2[C@H](O)[C@@H](NC(C)=O)[C@H](O[C@@H]3[C@@H](OC[C@H]4O[C@@H](O[C@H]5[C@H](O)[C@@H](NC(C)=O)[C@H](O[C@H]6[C@H](O)[C@@H](NC(C)=O)C(O)O[C@@H]6CO)O[C@@H]5CO)[C@@H](O)[C@@H](O[C@H]5O[C@H](CO)[C@@H](O)[C@H](O)[C@@H]5O[C@@H]5O[C@H](CO)[C@@H](O[C@@H]6O[C@H](CO)[C@H](O)[C@H](O)[C@H]6NC(C)=O)[C@H](O)[C@H]5NC(C)=O)[C@@H]4O)O[C@H](CO)[C@@H](O)[C@@H]3O)O[C@@H]2CO)O[C@H](CO)[C@H](OS(=O)(=O)O)[C@@H]1O. The molecule has 9 aliphatic heterocycles. The molecule has 6 amide bonds. The van der Waals surface area contributed by atoms with Gasteiger partial charge < -0.3 is 225 Å². The average Bonchev–Trinajstić information content (AvgIpc) is 0.771. The first-order valence-electron chi connectivity index (χ1n) is 38.3. The van der Waals surface area contributed by atoms with Crippen molar-refractivity contribution in [1.82, 2.24) is 31.9 Å². The van der Waals surface area contributed by atoms with Crippen LogP contribution >= 0.6 is 0 Å². The molecule has 704 valence electrons. The number of rotatable bonds is 33. The maximum absolute atomic E-state index is 13.1. The molecule has 1 unspecified atom stereocenters. The molecule has 29 N–H and O–H groups in total. The van der Waals surface area contributed by atoms with Crippen LogP contribution in [0.3, 0.4) is 0 Å². The monoisotopic (exact) mass is 1800 g/mol. The molecule has 0 bridgehead atoms. The molecule has 56 heteroatoms. The highest BCUT2D eigenvalue weighted by molar-refractivity contribution is 7.80. The molecule has 45 atom stereocenters. The van der Waals surface area contributed by atoms with Gasteiger partial charge in [0.25, 0.3) is 0 Å². The summed E-state index contributed by atoms with van der Waals surface area (Å²) in [5.74, 6) is -5.52. The molecule has 0 saturated carbocycles. The molecule has 9 heterocycles. The number of hydrogen-bond donors (Lipinski definition) is 29. The van der Waals surface area contributed by atoms with Gasteiger partial charge in [0.1, 0.15) is 219 Å². The zero-order valence-electron chi connectivity index (χ0n) is 65.7. The number of carbonyl (C=O) groups is 6. The minimum Gasteiger partial charge on any atom is -0.394 e. The first kappa shape index (κ1) is 101. The fraction of sp³-hybridized carbons (Fsp3) is 0.909. The Morgan fingerprint density at radius 1 is 0.254 bits per heavy atom. The Labute approximate surface area is 691 Å². The summed E-state index contributed by atoms with van der Waals surface area (Å²) in [5, 5.41) is 263. The summed E-state index contributed by atoms with van der Waals surface area (Å²) in [4.78, 5) is 76.2. The van der Waals surface area contributed by atoms with Crippen LogP contribution in [0, 0.1) is 0 Å². The summed E-state index contributed by atoms with van der Waals surface area (Å²) in [6.07, 6.45) is -83.3. The van der Waals surface area contributed by atoms with Crippen molar-refractivity contribution < 1.29 is 239 Å². The molecule has 55 nitrogen and oxygen atoms in total. The maximum Gasteiger partial charge on any atom is 0.397 e. The van der Waals surface area contributed by atoms with Crippen molar-refractivity contribution in [3.63, 3.8) is 0 Å². The van der Waals surface area contributed by atoms with Crippen LogP contribution < -0.4 is 31.9 Å². The Morgan fingerprint density at radius 2 is 0.500 bits per heavy atom. The molecule has 0 radical (unpaired) electrons. The predicted octanol–water partition coefficient (Wildman–Crippen LogP) is -19.9. The van der Waals surface area contributed by atoms with E-state index in [-0.39, 0.29) is 0 Å². The molecule has 122 heavy (non-hydrogen) atoms. The van der Waals surface area contributed by atoms with Crippen LogP contribution in [0.15, 0.2) is 0 Å². The molecule has 9 fully saturated rings. The van der Waals surface area contributed by atoms with Gasteiger partial charge in [0.2, 0.25) is 35.4 Å². The molecular weight excluding hydrogens is 1690 g/mol. The van der Waals surface area contributed by atoms with Crippen molar-refractivity contribution in [2.45, 2.75) is 318 Å². The van der Waals surface area contributed by atoms with E-state index in [1.807, 2.05) is 0 Å². The van der Waals surface area contributed by atoms with Gasteiger partial charge in [-0.3, -0.25) is 33.3 Å². The zero-order valence-corrected chi connectivity index (χ0v) is 66.5. The van der Waals surface area contributed by atoms with Crippen LogP contribution in [0.2, 0.25) is 0 Å². The molecule has 0 aromatic carbocycles. The van der Waals surface area contributed by atoms with E-state index in [0.717, 1.165) is 41.5 Å². The van der Waals surface area contributed by atoms with Gasteiger partial charge in [-0.05, 0) is 0 Å². The van der Waals surface area contributed by atoms with Crippen LogP contribution in [0.4, 0.5) is 0 Å². The van der Waals surface area contributed by atoms with Gasteiger partial charge in [-0.2, -0.15) is 8.42 Å². The van der Waals surface area contributed by atoms with Crippen molar-refractivity contribution in [2.75, 3.05) is 59.5 Å². The van der Waals surface area contributed by atoms with E-state index in [4.69, 9.17) is 80.5 Å². The standard InChI is InChI=1S/C66H110N6O49S/c1-16(81)67-31-42(92)50(25(10-76)105-58(31)100)114-60-33(69-18(3)83)45(95)53(28(13-79)109-60)117-64-49(99)55(118-66-57(48(98)39(89)24(9-75)108-66)120-63-35(71-20(5)85)44(94)51(26(11-77)111-63)115-59-32(68-17(2)82)41(91)37(87)22(7-73)106-59)40(90)30(113-64)15-104-65-56(47(97)38(88)23(8-74)107-65)119-62-34(70-19(4)84)43(93)52(27(12-78)110-62)116-61-36(72-21(6)86)46(96)54(29(14-80)112-61)121-122(101,102)103/h22-66,73-80,87-100H,7-15H2,1-6H3,(H,67,81)(H,68,82)(H,69,83)(H,70,84)(H,71,85)(H,72,86)(H,101,102,103)/t22-,23-,24-,25-,26-,27-,28-,29-,30-,31-,32-,33-,34-,35-,36-,37+,38-,39-,40-,41-,42-,43-,44-,45-,46-,47+,48+,49+,50-,51-,52-,53-,54+,55+,56+,57+,58?,59+,60+,61+,62+,63+,64+,65+,66-/m1/s1. The molecule has 0 aliphatic carbocycles. The highest BCUT2D eigenvalue weighted by Gasteiger charge is 2.62. The highest BCUT2D eigenvalue weighted by atomic mass is 32.3. The van der Waals surface area contributed by atoms with Crippen molar-refractivity contribution >= 4 is 45.8 Å². The summed E-state index contributed by atoms with van der Waals surface area (Å²) in [6, 6.07) is -11.2. The number of nitrogens with one attached hydrogen (secondary N) is 6. The fourth-order valence-corrected chi connectivity index (χ4v) is 16.0. The number of ether oxygens (including phenoxy) is 17. The number of aliphatic hydroxyl groups is 22. The van der Waals surface area contributed by atoms with Crippen molar-refractivity contribution in [2.24, 2.45) is 0 Å². The van der Waals surface area contributed by atoms with Crippen molar-refractivity contribution in [1.29, 1.82) is 0 Å². The van der Waals surface area contributed by atoms with E-state index in [1.54, 1.807) is 0 Å². The third-order valence-electron chi connectivity index (χ3n) is 21.4. The normalized spacial score (nSPS) is 45.9. The lowest BCUT2D eigenvalue weighted by molar-refractivity contribution is -0.398. The summed E-state index contributed by atoms with van der Waals surface area (Å²) >= 11 is 0. The van der Waals surface area contributed by atoms with Crippen LogP contribution in [0.5, 0.6) is 0 Å². The Hall–Kier alpha value is -4.87. The third-order valence-corrected chi connectivity index (χ3v) is 21.8. The molecule has 9 saturated heterocycles. The molecule has 9 rings (SSSR count). The second-order valence-electron chi connectivity index (χ2n) is 30.1. The Bertz CT molecular complexity index is 3510. The van der Waals surface area contributed by atoms with Crippen LogP contribution in [-0.2, 0) is 124 Å². The Morgan fingerprint density at radius 3 is 0.844 bits per heavy atom. The van der Waals surface area contributed by atoms with E-state index in [0.29, 0.717) is 0 Å². The lowest BCUT2D eigenvalue weighted by Gasteiger charge is -2.51. The van der Waals surface area contributed by atoms with E-state index >= 15 is 0 Å². The fourth-order valence-electron chi connectivity index (χ4n) is 15.5. The minimum absolute atomic E-state index is 0.804. The summed E-state index contributed by atoms with van der Waals surface area (Å²) in [6.45, 7) is -4.73. The van der Waals surface area contributed by atoms with Gasteiger partial charge in [-0.25, -0.2) is 4.18 Å². The predicted molar refractivity (Wildman–Crippen MR) is 377 cm³/mol. The first-order chi connectivity index (χ1) is 57.5. The van der Waals surface area contributed by atoms with Crippen LogP contribution in [-0.4, -0.2) is 496 Å². The third kappa shape index (κ3) is 23.4. The number of hydrogen-bond acceptors (Lipinski definition) is 48. The lowest BCUT2D eigenvalue weighted by atomic mass is 9.93. The molecule has 9 aliphatic rings. The number of carbonyl (C=O) groups excluding carboxylic acids is 6. The maximum atomic E-state index is 13.1. The van der Waals surface area contributed by atoms with Gasteiger partial charge in [0, 0.05) is 41.5 Å². The van der Waals surface area contributed by atoms with Crippen molar-refractivity contribution in [3.8, 4) is 0 Å². The van der Waals surface area contributed by atoms with Gasteiger partial charge in [-0.1, -0.05) is 0 Å². The summed E-state index contributed by atoms with van der Waals surface area (Å²) in [7, 11) is -5.43. The second kappa shape index (κ2) is 44.0. The van der Waals surface area contributed by atoms with E-state index < -0.39 is 381 Å². The lowest BCUT2D eigenvalue weighted by Crippen LogP contribution is -2.71. The molecular formula is C66H110N6O49S. The Balaban J connectivity index is 1.06. The van der Waals surface area contributed by atoms with Crippen LogP contribution in [0.1, 0.15) is 41.5 Å². The number of amides is 6. The molecule has 0 aromatic heterocycles. The van der Waals surface area contributed by atoms with E-state index in [9.17, 15) is 154 Å². The second-order valence-corrected chi connectivity index (χ2v) is 31.2. The molecule has 0 aromatic rings. The van der Waals surface area contributed by atoms with E-state index in [1.165, 1.54) is 0 Å². The minimum atomic E-state index is -5.43. The summed E-state index contributed by atoms with van der Waals surface area (Å²) < 4.78 is 140. The zero-order chi connectivity index (χ0) is 90.3. The first-order valence-corrected chi connectivity index (χ1v) is 39.6.